The number of hydrogen-bond donors (Lipinski definition) is 0. The summed E-state index contributed by atoms with van der Waals surface area (Å²) >= 11 is 0. The van der Waals surface area contributed by atoms with Crippen molar-refractivity contribution in [2.75, 3.05) is 38.2 Å². The van der Waals surface area contributed by atoms with Crippen LogP contribution in [0.3, 0.4) is 0 Å². The van der Waals surface area contributed by atoms with Gasteiger partial charge in [-0.1, -0.05) is 66.7 Å². The average molecular weight is 465 g/mol. The first-order valence-electron chi connectivity index (χ1n) is 11.9. The third-order valence-electron chi connectivity index (χ3n) is 6.41. The van der Waals surface area contributed by atoms with Crippen LogP contribution in [0.25, 0.3) is 22.4 Å². The number of hydrogen-bond acceptors (Lipinski definition) is 5. The molecule has 1 aliphatic heterocycles. The summed E-state index contributed by atoms with van der Waals surface area (Å²) in [7, 11) is 1.65. The van der Waals surface area contributed by atoms with Crippen molar-refractivity contribution in [1.29, 1.82) is 0 Å². The van der Waals surface area contributed by atoms with Crippen LogP contribution in [0.4, 0.5) is 5.82 Å². The molecular formula is C29H28N4O2. The molecule has 0 unspecified atom stereocenters. The van der Waals surface area contributed by atoms with Gasteiger partial charge in [-0.05, 0) is 41.0 Å². The third kappa shape index (κ3) is 5.17. The summed E-state index contributed by atoms with van der Waals surface area (Å²) in [6.07, 6.45) is 0.419. The minimum atomic E-state index is 0.162. The van der Waals surface area contributed by atoms with Gasteiger partial charge in [-0.2, -0.15) is 0 Å². The molecule has 1 amide bonds. The number of aromatic nitrogens is 2. The van der Waals surface area contributed by atoms with E-state index < -0.39 is 0 Å². The second-order valence-electron chi connectivity index (χ2n) is 8.58. The number of anilines is 1. The summed E-state index contributed by atoms with van der Waals surface area (Å²) in [6.45, 7) is 2.83. The Kier molecular flexibility index (Phi) is 6.70. The van der Waals surface area contributed by atoms with Crippen LogP contribution in [0.15, 0.2) is 91.0 Å². The maximum atomic E-state index is 12.9. The normalized spacial score (nSPS) is 13.5. The number of carbonyl (C=O) groups excluding carboxylic acids is 1. The molecule has 5 rings (SSSR count). The zero-order valence-corrected chi connectivity index (χ0v) is 19.8. The van der Waals surface area contributed by atoms with Crippen molar-refractivity contribution < 1.29 is 9.53 Å². The number of benzene rings is 3. The maximum Gasteiger partial charge on any atom is 0.227 e. The van der Waals surface area contributed by atoms with E-state index in [4.69, 9.17) is 4.74 Å². The minimum absolute atomic E-state index is 0.162. The zero-order valence-electron chi connectivity index (χ0n) is 19.8. The predicted octanol–water partition coefficient (Wildman–Crippen LogP) is 4.71. The molecule has 2 heterocycles. The minimum Gasteiger partial charge on any atom is -0.496 e. The van der Waals surface area contributed by atoms with Crippen LogP contribution in [-0.4, -0.2) is 54.3 Å². The molecule has 176 valence electrons. The zero-order chi connectivity index (χ0) is 24.0. The molecule has 0 aliphatic carbocycles. The Morgan fingerprint density at radius 2 is 1.46 bits per heavy atom. The summed E-state index contributed by atoms with van der Waals surface area (Å²) < 4.78 is 5.43. The fourth-order valence-electron chi connectivity index (χ4n) is 4.41. The van der Waals surface area contributed by atoms with Crippen LogP contribution in [0.1, 0.15) is 5.56 Å². The first kappa shape index (κ1) is 22.6. The van der Waals surface area contributed by atoms with Gasteiger partial charge in [0.1, 0.15) is 5.75 Å². The second kappa shape index (κ2) is 10.4. The molecular weight excluding hydrogens is 436 g/mol. The van der Waals surface area contributed by atoms with E-state index in [1.54, 1.807) is 7.11 Å². The lowest BCUT2D eigenvalue weighted by Crippen LogP contribution is -2.49. The van der Waals surface area contributed by atoms with E-state index in [1.165, 1.54) is 5.56 Å². The summed E-state index contributed by atoms with van der Waals surface area (Å²) in [5.41, 5.74) is 5.07. The number of piperazine rings is 1. The molecule has 0 saturated carbocycles. The largest absolute Gasteiger partial charge is 0.496 e. The van der Waals surface area contributed by atoms with Gasteiger partial charge in [-0.25, -0.2) is 0 Å². The van der Waals surface area contributed by atoms with Gasteiger partial charge in [0.05, 0.1) is 19.2 Å². The quantitative estimate of drug-likeness (QED) is 0.414. The van der Waals surface area contributed by atoms with E-state index in [-0.39, 0.29) is 5.91 Å². The van der Waals surface area contributed by atoms with Crippen molar-refractivity contribution in [1.82, 2.24) is 15.1 Å². The van der Waals surface area contributed by atoms with Crippen molar-refractivity contribution in [3.63, 3.8) is 0 Å². The molecule has 6 heteroatoms. The number of ether oxygens (including phenoxy) is 1. The van der Waals surface area contributed by atoms with Gasteiger partial charge in [0.2, 0.25) is 5.91 Å². The highest BCUT2D eigenvalue weighted by molar-refractivity contribution is 5.79. The topological polar surface area (TPSA) is 58.6 Å². The second-order valence-corrected chi connectivity index (χ2v) is 8.58. The Morgan fingerprint density at radius 3 is 2.14 bits per heavy atom. The van der Waals surface area contributed by atoms with Crippen molar-refractivity contribution in [3.05, 3.63) is 96.6 Å². The van der Waals surface area contributed by atoms with Crippen molar-refractivity contribution >= 4 is 11.7 Å². The highest BCUT2D eigenvalue weighted by atomic mass is 16.5. The van der Waals surface area contributed by atoms with E-state index in [9.17, 15) is 4.79 Å². The van der Waals surface area contributed by atoms with Crippen LogP contribution in [-0.2, 0) is 11.2 Å². The highest BCUT2D eigenvalue weighted by Crippen LogP contribution is 2.28. The molecule has 1 fully saturated rings. The van der Waals surface area contributed by atoms with Crippen LogP contribution < -0.4 is 9.64 Å². The highest BCUT2D eigenvalue weighted by Gasteiger charge is 2.22. The molecule has 0 N–H and O–H groups in total. The molecule has 0 bridgehead atoms. The van der Waals surface area contributed by atoms with Crippen molar-refractivity contribution in [2.45, 2.75) is 6.42 Å². The van der Waals surface area contributed by atoms with Crippen LogP contribution in [0.2, 0.25) is 0 Å². The lowest BCUT2D eigenvalue weighted by Gasteiger charge is -2.35. The van der Waals surface area contributed by atoms with Crippen LogP contribution >= 0.6 is 0 Å². The Hall–Kier alpha value is -4.19. The SMILES string of the molecule is COc1ccccc1-c1ccc(N2CCN(C(=O)Cc3ccc(-c4ccccc4)cc3)CC2)nn1. The number of rotatable bonds is 6. The monoisotopic (exact) mass is 464 g/mol. The fourth-order valence-corrected chi connectivity index (χ4v) is 4.41. The number of para-hydroxylation sites is 1. The molecule has 0 radical (unpaired) electrons. The molecule has 0 atom stereocenters. The van der Waals surface area contributed by atoms with Gasteiger partial charge in [0.25, 0.3) is 0 Å². The van der Waals surface area contributed by atoms with E-state index in [2.05, 4.69) is 51.5 Å². The van der Waals surface area contributed by atoms with E-state index in [1.807, 2.05) is 59.5 Å². The Labute approximate surface area is 205 Å². The van der Waals surface area contributed by atoms with E-state index >= 15 is 0 Å². The molecule has 3 aromatic carbocycles. The van der Waals surface area contributed by atoms with Crippen molar-refractivity contribution in [2.24, 2.45) is 0 Å². The summed E-state index contributed by atoms with van der Waals surface area (Å²) in [6, 6.07) is 30.3. The smallest absolute Gasteiger partial charge is 0.227 e. The van der Waals surface area contributed by atoms with Gasteiger partial charge in [0.15, 0.2) is 5.82 Å². The maximum absolute atomic E-state index is 12.9. The fraction of sp³-hybridized carbons (Fsp3) is 0.207. The number of methoxy groups -OCH3 is 1. The van der Waals surface area contributed by atoms with Gasteiger partial charge in [-0.15, -0.1) is 10.2 Å². The number of nitrogens with zero attached hydrogens (tertiary/aromatic N) is 4. The standard InChI is InChI=1S/C29H28N4O2/c1-35-27-10-6-5-9-25(27)26-15-16-28(31-30-26)32-17-19-33(20-18-32)29(34)21-22-11-13-24(14-12-22)23-7-3-2-4-8-23/h2-16H,17-21H2,1H3. The van der Waals surface area contributed by atoms with Crippen molar-refractivity contribution in [3.8, 4) is 28.1 Å². The Bertz CT molecular complexity index is 1270. The van der Waals surface area contributed by atoms with Gasteiger partial charge in [-0.3, -0.25) is 4.79 Å². The molecule has 0 spiro atoms. The summed E-state index contributed by atoms with van der Waals surface area (Å²) in [5, 5.41) is 8.86. The van der Waals surface area contributed by atoms with Gasteiger partial charge < -0.3 is 14.5 Å². The van der Waals surface area contributed by atoms with E-state index in [0.29, 0.717) is 19.5 Å². The molecule has 4 aromatic rings. The summed E-state index contributed by atoms with van der Waals surface area (Å²) in [5.74, 6) is 1.76. The number of carbonyl (C=O) groups is 1. The van der Waals surface area contributed by atoms with Crippen LogP contribution in [0.5, 0.6) is 5.75 Å². The molecule has 1 aromatic heterocycles. The summed E-state index contributed by atoms with van der Waals surface area (Å²) in [4.78, 5) is 17.0. The third-order valence-corrected chi connectivity index (χ3v) is 6.41. The lowest BCUT2D eigenvalue weighted by molar-refractivity contribution is -0.130. The Morgan fingerprint density at radius 1 is 0.771 bits per heavy atom. The van der Waals surface area contributed by atoms with Crippen LogP contribution in [0, 0.1) is 0 Å². The average Bonchev–Trinajstić information content (AvgIpc) is 2.94. The first-order chi connectivity index (χ1) is 17.2. The molecule has 35 heavy (non-hydrogen) atoms. The molecule has 1 saturated heterocycles. The Balaban J connectivity index is 1.16. The molecule has 6 nitrogen and oxygen atoms in total. The number of amides is 1. The van der Waals surface area contributed by atoms with Gasteiger partial charge >= 0.3 is 0 Å². The lowest BCUT2D eigenvalue weighted by atomic mass is 10.0. The molecule has 1 aliphatic rings. The van der Waals surface area contributed by atoms with E-state index in [0.717, 1.165) is 47.0 Å². The predicted molar refractivity (Wildman–Crippen MR) is 138 cm³/mol. The van der Waals surface area contributed by atoms with Gasteiger partial charge in [0, 0.05) is 31.7 Å². The first-order valence-corrected chi connectivity index (χ1v) is 11.9.